The van der Waals surface area contributed by atoms with E-state index in [-0.39, 0.29) is 0 Å². The van der Waals surface area contributed by atoms with Crippen LogP contribution in [0.5, 0.6) is 0 Å². The number of hydrogen-bond donors (Lipinski definition) is 1. The standard InChI is InChI=1S/C23H21N/c1-3-17-5-4-6-18-11-12-20(15-21(17)18)23-14-13-22(24-23)19-9-7-16(2)8-10-19/h4-15,24H,3H2,1-2H3. The fraction of sp³-hybridized carbons (Fsp3) is 0.130. The summed E-state index contributed by atoms with van der Waals surface area (Å²) in [5.74, 6) is 0. The van der Waals surface area contributed by atoms with E-state index in [2.05, 4.69) is 91.6 Å². The summed E-state index contributed by atoms with van der Waals surface area (Å²) in [7, 11) is 0. The van der Waals surface area contributed by atoms with Crippen molar-refractivity contribution in [1.29, 1.82) is 0 Å². The summed E-state index contributed by atoms with van der Waals surface area (Å²) in [6.45, 7) is 4.33. The predicted octanol–water partition coefficient (Wildman–Crippen LogP) is 6.37. The van der Waals surface area contributed by atoms with E-state index < -0.39 is 0 Å². The van der Waals surface area contributed by atoms with Crippen LogP contribution in [0, 0.1) is 6.92 Å². The number of rotatable bonds is 3. The molecule has 0 radical (unpaired) electrons. The molecule has 0 fully saturated rings. The van der Waals surface area contributed by atoms with E-state index in [4.69, 9.17) is 0 Å². The second-order valence-electron chi connectivity index (χ2n) is 6.36. The Balaban J connectivity index is 1.76. The number of aromatic amines is 1. The third-order valence-corrected chi connectivity index (χ3v) is 4.71. The Morgan fingerprint density at radius 2 is 1.46 bits per heavy atom. The first kappa shape index (κ1) is 14.8. The Hall–Kier alpha value is -2.80. The van der Waals surface area contributed by atoms with Gasteiger partial charge >= 0.3 is 0 Å². The quantitative estimate of drug-likeness (QED) is 0.452. The SMILES string of the molecule is CCc1cccc2ccc(-c3ccc(-c4ccc(C)cc4)[nH]3)cc12. The topological polar surface area (TPSA) is 15.8 Å². The molecule has 0 bridgehead atoms. The predicted molar refractivity (Wildman–Crippen MR) is 103 cm³/mol. The molecule has 0 aliphatic rings. The van der Waals surface area contributed by atoms with E-state index in [1.165, 1.54) is 38.7 Å². The number of fused-ring (bicyclic) bond motifs is 1. The summed E-state index contributed by atoms with van der Waals surface area (Å²) >= 11 is 0. The van der Waals surface area contributed by atoms with Gasteiger partial charge in [-0.15, -0.1) is 0 Å². The van der Waals surface area contributed by atoms with E-state index >= 15 is 0 Å². The maximum absolute atomic E-state index is 3.57. The van der Waals surface area contributed by atoms with Gasteiger partial charge in [-0.2, -0.15) is 0 Å². The minimum atomic E-state index is 1.06. The zero-order valence-corrected chi connectivity index (χ0v) is 14.1. The van der Waals surface area contributed by atoms with E-state index in [9.17, 15) is 0 Å². The highest BCUT2D eigenvalue weighted by Gasteiger charge is 2.06. The lowest BCUT2D eigenvalue weighted by molar-refractivity contribution is 1.16. The van der Waals surface area contributed by atoms with Crippen LogP contribution in [0.2, 0.25) is 0 Å². The highest BCUT2D eigenvalue weighted by molar-refractivity contribution is 5.89. The van der Waals surface area contributed by atoms with E-state index in [0.29, 0.717) is 0 Å². The van der Waals surface area contributed by atoms with Crippen molar-refractivity contribution in [2.24, 2.45) is 0 Å². The molecule has 0 unspecified atom stereocenters. The molecule has 0 spiro atoms. The van der Waals surface area contributed by atoms with Crippen molar-refractivity contribution in [3.63, 3.8) is 0 Å². The second kappa shape index (κ2) is 6.01. The fourth-order valence-electron chi connectivity index (χ4n) is 3.28. The van der Waals surface area contributed by atoms with Gasteiger partial charge in [-0.25, -0.2) is 0 Å². The van der Waals surface area contributed by atoms with Gasteiger partial charge in [0.2, 0.25) is 0 Å². The molecule has 24 heavy (non-hydrogen) atoms. The fourth-order valence-corrected chi connectivity index (χ4v) is 3.28. The molecule has 3 aromatic carbocycles. The van der Waals surface area contributed by atoms with Gasteiger partial charge < -0.3 is 4.98 Å². The molecule has 4 aromatic rings. The average Bonchev–Trinajstić information content (AvgIpc) is 3.11. The van der Waals surface area contributed by atoms with Crippen molar-refractivity contribution in [2.45, 2.75) is 20.3 Å². The summed E-state index contributed by atoms with van der Waals surface area (Å²) in [6.07, 6.45) is 1.06. The Morgan fingerprint density at radius 3 is 2.21 bits per heavy atom. The number of nitrogens with one attached hydrogen (secondary N) is 1. The molecule has 0 aliphatic carbocycles. The molecule has 0 atom stereocenters. The molecule has 0 amide bonds. The van der Waals surface area contributed by atoms with Crippen molar-refractivity contribution in [2.75, 3.05) is 0 Å². The summed E-state index contributed by atoms with van der Waals surface area (Å²) in [6, 6.07) is 26.2. The molecular formula is C23H21N. The van der Waals surface area contributed by atoms with Crippen LogP contribution in [0.3, 0.4) is 0 Å². The Kier molecular flexibility index (Phi) is 3.70. The molecule has 0 saturated carbocycles. The summed E-state index contributed by atoms with van der Waals surface area (Å²) in [5.41, 5.74) is 7.47. The molecule has 1 aromatic heterocycles. The maximum Gasteiger partial charge on any atom is 0.0458 e. The third kappa shape index (κ3) is 2.63. The van der Waals surface area contributed by atoms with Gasteiger partial charge in [0.05, 0.1) is 0 Å². The molecule has 0 saturated heterocycles. The zero-order valence-electron chi connectivity index (χ0n) is 14.1. The van der Waals surface area contributed by atoms with Crippen LogP contribution in [0.1, 0.15) is 18.1 Å². The number of hydrogen-bond acceptors (Lipinski definition) is 0. The molecular weight excluding hydrogens is 290 g/mol. The van der Waals surface area contributed by atoms with Crippen LogP contribution in [0.15, 0.2) is 72.8 Å². The smallest absolute Gasteiger partial charge is 0.0458 e. The number of H-pyrrole nitrogens is 1. The van der Waals surface area contributed by atoms with Gasteiger partial charge in [-0.3, -0.25) is 0 Å². The van der Waals surface area contributed by atoms with Crippen molar-refractivity contribution in [1.82, 2.24) is 4.98 Å². The minimum absolute atomic E-state index is 1.06. The summed E-state index contributed by atoms with van der Waals surface area (Å²) in [4.78, 5) is 3.57. The summed E-state index contributed by atoms with van der Waals surface area (Å²) in [5, 5.41) is 2.66. The lowest BCUT2D eigenvalue weighted by atomic mass is 9.99. The van der Waals surface area contributed by atoms with Crippen LogP contribution < -0.4 is 0 Å². The molecule has 1 nitrogen and oxygen atoms in total. The van der Waals surface area contributed by atoms with Crippen molar-refractivity contribution in [3.05, 3.63) is 83.9 Å². The van der Waals surface area contributed by atoms with Crippen LogP contribution >= 0.6 is 0 Å². The normalized spacial score (nSPS) is 11.1. The molecule has 1 N–H and O–H groups in total. The molecule has 118 valence electrons. The molecule has 1 heterocycles. The number of aryl methyl sites for hydroxylation is 2. The van der Waals surface area contributed by atoms with E-state index in [1.54, 1.807) is 0 Å². The van der Waals surface area contributed by atoms with Crippen molar-refractivity contribution >= 4 is 10.8 Å². The van der Waals surface area contributed by atoms with Gasteiger partial charge in [0.15, 0.2) is 0 Å². The lowest BCUT2D eigenvalue weighted by Gasteiger charge is -2.07. The number of benzene rings is 3. The van der Waals surface area contributed by atoms with Crippen molar-refractivity contribution in [3.8, 4) is 22.5 Å². The van der Waals surface area contributed by atoms with Crippen LogP contribution in [-0.2, 0) is 6.42 Å². The van der Waals surface area contributed by atoms with Gasteiger partial charge in [0.25, 0.3) is 0 Å². The zero-order chi connectivity index (χ0) is 16.5. The maximum atomic E-state index is 3.57. The first-order valence-corrected chi connectivity index (χ1v) is 8.52. The first-order chi connectivity index (χ1) is 11.7. The third-order valence-electron chi connectivity index (χ3n) is 4.71. The molecule has 1 heteroatoms. The van der Waals surface area contributed by atoms with Gasteiger partial charge in [0.1, 0.15) is 0 Å². The van der Waals surface area contributed by atoms with Crippen LogP contribution in [-0.4, -0.2) is 4.98 Å². The van der Waals surface area contributed by atoms with Crippen LogP contribution in [0.25, 0.3) is 33.3 Å². The van der Waals surface area contributed by atoms with Gasteiger partial charge in [-0.1, -0.05) is 67.1 Å². The lowest BCUT2D eigenvalue weighted by Crippen LogP contribution is -1.85. The Morgan fingerprint density at radius 1 is 0.750 bits per heavy atom. The first-order valence-electron chi connectivity index (χ1n) is 8.52. The monoisotopic (exact) mass is 311 g/mol. The van der Waals surface area contributed by atoms with Crippen molar-refractivity contribution < 1.29 is 0 Å². The van der Waals surface area contributed by atoms with Gasteiger partial charge in [-0.05, 0) is 59.0 Å². The van der Waals surface area contributed by atoms with E-state index in [1.807, 2.05) is 0 Å². The Bertz CT molecular complexity index is 990. The highest BCUT2D eigenvalue weighted by Crippen LogP contribution is 2.29. The molecule has 4 rings (SSSR count). The average molecular weight is 311 g/mol. The number of aromatic nitrogens is 1. The van der Waals surface area contributed by atoms with Gasteiger partial charge in [0, 0.05) is 11.4 Å². The molecule has 0 aliphatic heterocycles. The highest BCUT2D eigenvalue weighted by atomic mass is 14.7. The summed E-state index contributed by atoms with van der Waals surface area (Å²) < 4.78 is 0. The Labute approximate surface area is 143 Å². The van der Waals surface area contributed by atoms with E-state index in [0.717, 1.165) is 12.1 Å². The second-order valence-corrected chi connectivity index (χ2v) is 6.36. The largest absolute Gasteiger partial charge is 0.355 e. The van der Waals surface area contributed by atoms with Crippen LogP contribution in [0.4, 0.5) is 0 Å². The minimum Gasteiger partial charge on any atom is -0.355 e.